The van der Waals surface area contributed by atoms with Crippen LogP contribution in [0.1, 0.15) is 87.2 Å². The standard InChI is InChI=1S/C24H33NO3/c1-2-3-4-8-17-13-15-18(16-14-17)24(28)23-19-9-5-6-10-20(19)25-21(23)11-7-12-22(26)27/h5-6,9-10,17-18,25H,2-4,7-8,11-16H2,1H3,(H,26,27)/t17-,18-. The molecule has 0 spiro atoms. The number of carboxylic acids is 1. The fraction of sp³-hybridized carbons (Fsp3) is 0.583. The van der Waals surface area contributed by atoms with Crippen LogP contribution in [0.15, 0.2) is 24.3 Å². The fourth-order valence-corrected chi connectivity index (χ4v) is 4.68. The highest BCUT2D eigenvalue weighted by Crippen LogP contribution is 2.36. The number of aryl methyl sites for hydroxylation is 1. The average Bonchev–Trinajstić information content (AvgIpc) is 3.06. The third kappa shape index (κ3) is 5.03. The maximum absolute atomic E-state index is 13.4. The van der Waals surface area contributed by atoms with Crippen LogP contribution in [-0.4, -0.2) is 21.8 Å². The van der Waals surface area contributed by atoms with Gasteiger partial charge in [0.05, 0.1) is 0 Å². The highest BCUT2D eigenvalue weighted by Gasteiger charge is 2.29. The summed E-state index contributed by atoms with van der Waals surface area (Å²) in [7, 11) is 0. The third-order valence-corrected chi connectivity index (χ3v) is 6.28. The lowest BCUT2D eigenvalue weighted by Gasteiger charge is -2.28. The minimum absolute atomic E-state index is 0.111. The molecule has 0 aliphatic heterocycles. The number of hydrogen-bond donors (Lipinski definition) is 2. The van der Waals surface area contributed by atoms with E-state index < -0.39 is 5.97 Å². The number of rotatable bonds is 10. The molecule has 1 aromatic carbocycles. The Morgan fingerprint density at radius 2 is 1.82 bits per heavy atom. The summed E-state index contributed by atoms with van der Waals surface area (Å²) in [5, 5.41) is 9.93. The van der Waals surface area contributed by atoms with Crippen LogP contribution in [0.3, 0.4) is 0 Å². The second-order valence-corrected chi connectivity index (χ2v) is 8.35. The number of fused-ring (bicyclic) bond motifs is 1. The number of ketones is 1. The van der Waals surface area contributed by atoms with E-state index in [-0.39, 0.29) is 18.1 Å². The largest absolute Gasteiger partial charge is 0.481 e. The molecular formula is C24H33NO3. The van der Waals surface area contributed by atoms with Crippen LogP contribution >= 0.6 is 0 Å². The van der Waals surface area contributed by atoms with Gasteiger partial charge in [0, 0.05) is 34.5 Å². The van der Waals surface area contributed by atoms with Crippen LogP contribution in [0.25, 0.3) is 10.9 Å². The Morgan fingerprint density at radius 3 is 2.54 bits per heavy atom. The zero-order chi connectivity index (χ0) is 19.9. The molecule has 28 heavy (non-hydrogen) atoms. The number of aromatic amines is 1. The Balaban J connectivity index is 1.71. The summed E-state index contributed by atoms with van der Waals surface area (Å²) in [5.41, 5.74) is 2.71. The number of benzene rings is 1. The van der Waals surface area contributed by atoms with Gasteiger partial charge in [0.25, 0.3) is 0 Å². The number of aromatic nitrogens is 1. The number of unbranched alkanes of at least 4 members (excludes halogenated alkanes) is 2. The molecule has 1 heterocycles. The van der Waals surface area contributed by atoms with Gasteiger partial charge in [-0.15, -0.1) is 0 Å². The van der Waals surface area contributed by atoms with E-state index in [2.05, 4.69) is 11.9 Å². The molecule has 1 fully saturated rings. The molecule has 0 bridgehead atoms. The predicted molar refractivity (Wildman–Crippen MR) is 113 cm³/mol. The normalized spacial score (nSPS) is 19.8. The first-order chi connectivity index (χ1) is 13.6. The number of carbonyl (C=O) groups is 2. The van der Waals surface area contributed by atoms with Crippen LogP contribution in [0, 0.1) is 11.8 Å². The number of hydrogen-bond acceptors (Lipinski definition) is 2. The lowest BCUT2D eigenvalue weighted by molar-refractivity contribution is -0.137. The van der Waals surface area contributed by atoms with Crippen molar-refractivity contribution in [3.8, 4) is 0 Å². The van der Waals surface area contributed by atoms with E-state index in [4.69, 9.17) is 5.11 Å². The number of para-hydroxylation sites is 1. The van der Waals surface area contributed by atoms with Gasteiger partial charge in [0.1, 0.15) is 0 Å². The zero-order valence-corrected chi connectivity index (χ0v) is 17.0. The summed E-state index contributed by atoms with van der Waals surface area (Å²) in [6, 6.07) is 7.95. The number of carboxylic acid groups (broad SMARTS) is 1. The number of Topliss-reactive ketones (excluding diaryl/α,β-unsaturated/α-hetero) is 1. The van der Waals surface area contributed by atoms with E-state index in [1.807, 2.05) is 24.3 Å². The molecule has 152 valence electrons. The zero-order valence-electron chi connectivity index (χ0n) is 17.0. The summed E-state index contributed by atoms with van der Waals surface area (Å²) >= 11 is 0. The highest BCUT2D eigenvalue weighted by atomic mass is 16.4. The smallest absolute Gasteiger partial charge is 0.303 e. The summed E-state index contributed by atoms with van der Waals surface area (Å²) in [5.74, 6) is 0.369. The maximum atomic E-state index is 13.4. The Bertz CT molecular complexity index is 799. The van der Waals surface area contributed by atoms with E-state index in [0.717, 1.165) is 53.8 Å². The van der Waals surface area contributed by atoms with E-state index in [0.29, 0.717) is 12.8 Å². The number of aliphatic carboxylic acids is 1. The topological polar surface area (TPSA) is 70.2 Å². The van der Waals surface area contributed by atoms with Crippen molar-refractivity contribution in [2.24, 2.45) is 11.8 Å². The molecule has 0 saturated heterocycles. The Hall–Kier alpha value is -2.10. The maximum Gasteiger partial charge on any atom is 0.303 e. The molecule has 1 saturated carbocycles. The number of H-pyrrole nitrogens is 1. The molecule has 0 radical (unpaired) electrons. The van der Waals surface area contributed by atoms with Gasteiger partial charge in [-0.1, -0.05) is 50.8 Å². The van der Waals surface area contributed by atoms with Crippen LogP contribution in [-0.2, 0) is 11.2 Å². The van der Waals surface area contributed by atoms with Gasteiger partial charge in [-0.05, 0) is 50.5 Å². The first-order valence-corrected chi connectivity index (χ1v) is 11.0. The molecule has 1 aliphatic rings. The van der Waals surface area contributed by atoms with Crippen molar-refractivity contribution in [3.63, 3.8) is 0 Å². The Kier molecular flexibility index (Phi) is 7.30. The Morgan fingerprint density at radius 1 is 1.07 bits per heavy atom. The summed E-state index contributed by atoms with van der Waals surface area (Å²) in [6.07, 6.45) is 10.8. The number of nitrogens with one attached hydrogen (secondary N) is 1. The SMILES string of the molecule is CCCCC[C@H]1CC[C@H](C(=O)c2c(CCCC(=O)O)[nH]c3ccccc23)CC1. The fourth-order valence-electron chi connectivity index (χ4n) is 4.68. The van der Waals surface area contributed by atoms with Crippen molar-refractivity contribution in [1.29, 1.82) is 0 Å². The van der Waals surface area contributed by atoms with Crippen molar-refractivity contribution >= 4 is 22.7 Å². The quantitative estimate of drug-likeness (QED) is 0.382. The third-order valence-electron chi connectivity index (χ3n) is 6.28. The average molecular weight is 384 g/mol. The molecule has 3 rings (SSSR count). The lowest BCUT2D eigenvalue weighted by Crippen LogP contribution is -2.22. The van der Waals surface area contributed by atoms with Crippen molar-refractivity contribution in [1.82, 2.24) is 4.98 Å². The molecule has 1 aromatic heterocycles. The molecule has 4 heteroatoms. The summed E-state index contributed by atoms with van der Waals surface area (Å²) < 4.78 is 0. The molecule has 4 nitrogen and oxygen atoms in total. The van der Waals surface area contributed by atoms with Gasteiger partial charge >= 0.3 is 5.97 Å². The minimum Gasteiger partial charge on any atom is -0.481 e. The van der Waals surface area contributed by atoms with E-state index in [1.165, 1.54) is 25.7 Å². The lowest BCUT2D eigenvalue weighted by atomic mass is 9.76. The summed E-state index contributed by atoms with van der Waals surface area (Å²) in [6.45, 7) is 2.24. The van der Waals surface area contributed by atoms with Crippen LogP contribution in [0.2, 0.25) is 0 Å². The predicted octanol–water partition coefficient (Wildman–Crippen LogP) is 6.14. The monoisotopic (exact) mass is 383 g/mol. The van der Waals surface area contributed by atoms with E-state index in [9.17, 15) is 9.59 Å². The number of carbonyl (C=O) groups excluding carboxylic acids is 1. The molecule has 0 amide bonds. The second kappa shape index (κ2) is 9.90. The first-order valence-electron chi connectivity index (χ1n) is 11.0. The van der Waals surface area contributed by atoms with E-state index in [1.54, 1.807) is 0 Å². The van der Waals surface area contributed by atoms with Crippen molar-refractivity contribution in [2.75, 3.05) is 0 Å². The van der Waals surface area contributed by atoms with Crippen molar-refractivity contribution in [3.05, 3.63) is 35.5 Å². The van der Waals surface area contributed by atoms with Gasteiger partial charge < -0.3 is 10.1 Å². The van der Waals surface area contributed by atoms with Gasteiger partial charge in [-0.25, -0.2) is 0 Å². The minimum atomic E-state index is -0.787. The van der Waals surface area contributed by atoms with Crippen LogP contribution < -0.4 is 0 Å². The molecule has 1 aliphatic carbocycles. The van der Waals surface area contributed by atoms with Gasteiger partial charge in [-0.2, -0.15) is 0 Å². The van der Waals surface area contributed by atoms with Gasteiger partial charge in [0.2, 0.25) is 0 Å². The Labute approximate surface area is 167 Å². The molecule has 2 N–H and O–H groups in total. The van der Waals surface area contributed by atoms with Gasteiger partial charge in [-0.3, -0.25) is 9.59 Å². The molecular weight excluding hydrogens is 350 g/mol. The molecule has 0 atom stereocenters. The second-order valence-electron chi connectivity index (χ2n) is 8.35. The van der Waals surface area contributed by atoms with Crippen LogP contribution in [0.4, 0.5) is 0 Å². The molecule has 2 aromatic rings. The van der Waals surface area contributed by atoms with E-state index >= 15 is 0 Å². The summed E-state index contributed by atoms with van der Waals surface area (Å²) in [4.78, 5) is 27.7. The van der Waals surface area contributed by atoms with Crippen molar-refractivity contribution in [2.45, 2.75) is 77.6 Å². The molecule has 0 unspecified atom stereocenters. The first kappa shape index (κ1) is 20.6. The van der Waals surface area contributed by atoms with Gasteiger partial charge in [0.15, 0.2) is 5.78 Å². The van der Waals surface area contributed by atoms with Crippen LogP contribution in [0.5, 0.6) is 0 Å². The highest BCUT2D eigenvalue weighted by molar-refractivity contribution is 6.10. The van der Waals surface area contributed by atoms with Crippen molar-refractivity contribution < 1.29 is 14.7 Å².